The molecule has 0 unspecified atom stereocenters. The number of nitriles is 1. The number of ether oxygens (including phenoxy) is 1. The number of hydrogen-bond donors (Lipinski definition) is 0. The molecule has 0 bridgehead atoms. The predicted molar refractivity (Wildman–Crippen MR) is 74.0 cm³/mol. The minimum absolute atomic E-state index is 0.0864. The lowest BCUT2D eigenvalue weighted by molar-refractivity contribution is 0.456. The summed E-state index contributed by atoms with van der Waals surface area (Å²) in [7, 11) is 0. The maximum absolute atomic E-state index is 11.4. The van der Waals surface area contributed by atoms with E-state index in [9.17, 15) is 4.79 Å². The monoisotopic (exact) mass is 279 g/mol. The van der Waals surface area contributed by atoms with E-state index in [1.54, 1.807) is 18.2 Å². The van der Waals surface area contributed by atoms with Gasteiger partial charge in [0.2, 0.25) is 5.69 Å². The van der Waals surface area contributed by atoms with Gasteiger partial charge in [0.05, 0.1) is 0 Å². The van der Waals surface area contributed by atoms with Gasteiger partial charge in [-0.3, -0.25) is 0 Å². The van der Waals surface area contributed by atoms with Crippen molar-refractivity contribution in [2.24, 2.45) is 0 Å². The highest BCUT2D eigenvalue weighted by Gasteiger charge is 2.09. The quantitative estimate of drug-likeness (QED) is 0.670. The maximum Gasteiger partial charge on any atom is 0.336 e. The van der Waals surface area contributed by atoms with Crippen LogP contribution in [-0.2, 0) is 0 Å². The fourth-order valence-electron chi connectivity index (χ4n) is 1.96. The molecule has 0 radical (unpaired) electrons. The molecule has 0 spiro atoms. The van der Waals surface area contributed by atoms with Gasteiger partial charge in [-0.1, -0.05) is 0 Å². The lowest BCUT2D eigenvalue weighted by Crippen LogP contribution is -1.98. The van der Waals surface area contributed by atoms with Crippen molar-refractivity contribution < 1.29 is 9.15 Å². The molecule has 1 aromatic carbocycles. The van der Waals surface area contributed by atoms with E-state index in [2.05, 4.69) is 9.97 Å². The van der Waals surface area contributed by atoms with Crippen molar-refractivity contribution in [1.82, 2.24) is 9.97 Å². The largest absolute Gasteiger partial charge is 0.436 e. The predicted octanol–water partition coefficient (Wildman–Crippen LogP) is 2.56. The van der Waals surface area contributed by atoms with E-state index >= 15 is 0 Å². The molecular weight excluding hydrogens is 270 g/mol. The molecule has 0 fully saturated rings. The summed E-state index contributed by atoms with van der Waals surface area (Å²) in [5, 5.41) is 9.77. The summed E-state index contributed by atoms with van der Waals surface area (Å²) in [5.41, 5.74) is 0.905. The first-order valence-electron chi connectivity index (χ1n) is 6.11. The van der Waals surface area contributed by atoms with E-state index in [1.807, 2.05) is 13.0 Å². The fourth-order valence-corrected chi connectivity index (χ4v) is 1.96. The van der Waals surface area contributed by atoms with Gasteiger partial charge in [0.1, 0.15) is 17.4 Å². The van der Waals surface area contributed by atoms with Crippen molar-refractivity contribution in [3.8, 4) is 17.7 Å². The SMILES string of the molecule is Cc1cc(=O)oc2cc(Oc3nccnc3C#N)ccc12. The molecule has 3 rings (SSSR count). The molecule has 2 heterocycles. The third kappa shape index (κ3) is 2.44. The second kappa shape index (κ2) is 5.06. The third-order valence-corrected chi connectivity index (χ3v) is 2.91. The molecule has 6 nitrogen and oxygen atoms in total. The molecule has 0 saturated heterocycles. The number of aromatic nitrogens is 2. The Bertz CT molecular complexity index is 925. The van der Waals surface area contributed by atoms with Crippen LogP contribution >= 0.6 is 0 Å². The number of nitrogens with zero attached hydrogens (tertiary/aromatic N) is 3. The Morgan fingerprint density at radius 3 is 2.86 bits per heavy atom. The number of fused-ring (bicyclic) bond motifs is 1. The molecule has 0 aliphatic carbocycles. The molecular formula is C15H9N3O3. The summed E-state index contributed by atoms with van der Waals surface area (Å²) >= 11 is 0. The average molecular weight is 279 g/mol. The highest BCUT2D eigenvalue weighted by molar-refractivity contribution is 5.81. The molecule has 102 valence electrons. The van der Waals surface area contributed by atoms with Gasteiger partial charge in [-0.05, 0) is 24.6 Å². The van der Waals surface area contributed by atoms with Crippen LogP contribution < -0.4 is 10.4 Å². The maximum atomic E-state index is 11.4. The van der Waals surface area contributed by atoms with Crippen molar-refractivity contribution in [3.63, 3.8) is 0 Å². The van der Waals surface area contributed by atoms with E-state index in [0.29, 0.717) is 11.3 Å². The summed E-state index contributed by atoms with van der Waals surface area (Å²) in [6.07, 6.45) is 2.84. The van der Waals surface area contributed by atoms with Crippen molar-refractivity contribution in [3.05, 3.63) is 58.3 Å². The lowest BCUT2D eigenvalue weighted by Gasteiger charge is -2.06. The summed E-state index contributed by atoms with van der Waals surface area (Å²) < 4.78 is 10.7. The topological polar surface area (TPSA) is 89.0 Å². The van der Waals surface area contributed by atoms with Gasteiger partial charge in [0.25, 0.3) is 5.88 Å². The number of aryl methyl sites for hydroxylation is 1. The van der Waals surface area contributed by atoms with Crippen molar-refractivity contribution in [2.75, 3.05) is 0 Å². The van der Waals surface area contributed by atoms with Gasteiger partial charge in [0, 0.05) is 29.9 Å². The van der Waals surface area contributed by atoms with Gasteiger partial charge in [-0.15, -0.1) is 0 Å². The van der Waals surface area contributed by atoms with Gasteiger partial charge < -0.3 is 9.15 Å². The summed E-state index contributed by atoms with van der Waals surface area (Å²) in [6, 6.07) is 8.41. The minimum atomic E-state index is -0.422. The summed E-state index contributed by atoms with van der Waals surface area (Å²) in [6.45, 7) is 1.83. The Morgan fingerprint density at radius 2 is 2.05 bits per heavy atom. The molecule has 3 aromatic rings. The zero-order valence-corrected chi connectivity index (χ0v) is 11.0. The Hall–Kier alpha value is -3.20. The van der Waals surface area contributed by atoms with Crippen LogP contribution in [0.1, 0.15) is 11.3 Å². The summed E-state index contributed by atoms with van der Waals surface area (Å²) in [4.78, 5) is 19.2. The van der Waals surface area contributed by atoms with E-state index in [1.165, 1.54) is 18.5 Å². The zero-order chi connectivity index (χ0) is 14.8. The first kappa shape index (κ1) is 12.8. The first-order chi connectivity index (χ1) is 10.2. The van der Waals surface area contributed by atoms with Crippen LogP contribution in [0.25, 0.3) is 11.0 Å². The molecule has 21 heavy (non-hydrogen) atoms. The molecule has 0 atom stereocenters. The second-order valence-corrected chi connectivity index (χ2v) is 4.33. The van der Waals surface area contributed by atoms with Crippen molar-refractivity contribution >= 4 is 11.0 Å². The molecule has 6 heteroatoms. The molecule has 0 saturated carbocycles. The highest BCUT2D eigenvalue weighted by atomic mass is 16.5. The number of benzene rings is 1. The van der Waals surface area contributed by atoms with E-state index in [0.717, 1.165) is 10.9 Å². The molecule has 0 N–H and O–H groups in total. The van der Waals surface area contributed by atoms with Gasteiger partial charge in [-0.25, -0.2) is 14.8 Å². The van der Waals surface area contributed by atoms with Gasteiger partial charge >= 0.3 is 5.63 Å². The van der Waals surface area contributed by atoms with E-state index < -0.39 is 5.63 Å². The van der Waals surface area contributed by atoms with Crippen molar-refractivity contribution in [1.29, 1.82) is 5.26 Å². The zero-order valence-electron chi connectivity index (χ0n) is 11.0. The Morgan fingerprint density at radius 1 is 1.24 bits per heavy atom. The smallest absolute Gasteiger partial charge is 0.336 e. The van der Waals surface area contributed by atoms with E-state index in [4.69, 9.17) is 14.4 Å². The van der Waals surface area contributed by atoms with Crippen molar-refractivity contribution in [2.45, 2.75) is 6.92 Å². The highest BCUT2D eigenvalue weighted by Crippen LogP contribution is 2.26. The van der Waals surface area contributed by atoms with Crippen LogP contribution in [0.2, 0.25) is 0 Å². The summed E-state index contributed by atoms with van der Waals surface area (Å²) in [5.74, 6) is 0.516. The van der Waals surface area contributed by atoms with Crippen LogP contribution in [-0.4, -0.2) is 9.97 Å². The lowest BCUT2D eigenvalue weighted by atomic mass is 10.1. The first-order valence-corrected chi connectivity index (χ1v) is 6.11. The number of hydrogen-bond acceptors (Lipinski definition) is 6. The van der Waals surface area contributed by atoms with Crippen LogP contribution in [0.4, 0.5) is 0 Å². The van der Waals surface area contributed by atoms with Gasteiger partial charge in [0.15, 0.2) is 0 Å². The van der Waals surface area contributed by atoms with Crippen LogP contribution in [0.3, 0.4) is 0 Å². The Kier molecular flexibility index (Phi) is 3.09. The Labute approximate surface area is 119 Å². The van der Waals surface area contributed by atoms with E-state index in [-0.39, 0.29) is 11.6 Å². The molecule has 0 aliphatic heterocycles. The average Bonchev–Trinajstić information content (AvgIpc) is 2.47. The molecule has 0 amide bonds. The third-order valence-electron chi connectivity index (χ3n) is 2.91. The van der Waals surface area contributed by atoms with Gasteiger partial charge in [-0.2, -0.15) is 5.26 Å². The number of rotatable bonds is 2. The normalized spacial score (nSPS) is 10.3. The Balaban J connectivity index is 2.06. The van der Waals surface area contributed by atoms with Crippen LogP contribution in [0.5, 0.6) is 11.6 Å². The fraction of sp³-hybridized carbons (Fsp3) is 0.0667. The molecule has 2 aromatic heterocycles. The van der Waals surface area contributed by atoms with Crippen LogP contribution in [0.15, 0.2) is 45.9 Å². The standard InChI is InChI=1S/C15H9N3O3/c1-9-6-14(19)21-13-7-10(2-3-11(9)13)20-15-12(8-16)17-4-5-18-15/h2-7H,1H3. The minimum Gasteiger partial charge on any atom is -0.436 e. The second-order valence-electron chi connectivity index (χ2n) is 4.33. The molecule has 0 aliphatic rings. The van der Waals surface area contributed by atoms with Crippen LogP contribution in [0, 0.1) is 18.3 Å².